The van der Waals surface area contributed by atoms with E-state index in [0.29, 0.717) is 12.5 Å². The molecule has 23 heavy (non-hydrogen) atoms. The standard InChI is InChI=1S/C15H24BrN3O3S/c1-9(2)12(14(20)22-5)18-15(21)19(4)7-11-8-23-13(17-11)10(3)6-16/h8-10,12H,6-7H2,1-5H3,(H,18,21)/t10?,12-/m0/s1. The van der Waals surface area contributed by atoms with Gasteiger partial charge in [0.2, 0.25) is 0 Å². The van der Waals surface area contributed by atoms with E-state index in [1.54, 1.807) is 18.4 Å². The summed E-state index contributed by atoms with van der Waals surface area (Å²) in [5.41, 5.74) is 0.842. The first-order chi connectivity index (χ1) is 10.8. The average Bonchev–Trinajstić information content (AvgIpc) is 2.98. The van der Waals surface area contributed by atoms with Gasteiger partial charge >= 0.3 is 12.0 Å². The summed E-state index contributed by atoms with van der Waals surface area (Å²) in [4.78, 5) is 30.0. The van der Waals surface area contributed by atoms with Crippen molar-refractivity contribution in [2.45, 2.75) is 39.3 Å². The molecule has 0 saturated heterocycles. The van der Waals surface area contributed by atoms with Crippen LogP contribution in [-0.4, -0.2) is 47.4 Å². The van der Waals surface area contributed by atoms with Crippen molar-refractivity contribution in [3.05, 3.63) is 16.1 Å². The van der Waals surface area contributed by atoms with Crippen molar-refractivity contribution < 1.29 is 14.3 Å². The van der Waals surface area contributed by atoms with Crippen LogP contribution in [0, 0.1) is 5.92 Å². The lowest BCUT2D eigenvalue weighted by Crippen LogP contribution is -2.49. The van der Waals surface area contributed by atoms with Crippen molar-refractivity contribution in [3.63, 3.8) is 0 Å². The number of amides is 2. The Bertz CT molecular complexity index is 536. The topological polar surface area (TPSA) is 71.5 Å². The molecule has 0 aliphatic rings. The summed E-state index contributed by atoms with van der Waals surface area (Å²) in [5.74, 6) is -0.146. The lowest BCUT2D eigenvalue weighted by atomic mass is 10.1. The Balaban J connectivity index is 2.66. The van der Waals surface area contributed by atoms with Crippen molar-refractivity contribution in [3.8, 4) is 0 Å². The number of esters is 1. The van der Waals surface area contributed by atoms with E-state index < -0.39 is 12.0 Å². The molecule has 2 atom stereocenters. The molecular weight excluding hydrogens is 382 g/mol. The number of nitrogens with zero attached hydrogens (tertiary/aromatic N) is 2. The fraction of sp³-hybridized carbons (Fsp3) is 0.667. The van der Waals surface area contributed by atoms with Gasteiger partial charge in [0.25, 0.3) is 0 Å². The largest absolute Gasteiger partial charge is 0.467 e. The van der Waals surface area contributed by atoms with Gasteiger partial charge in [-0.25, -0.2) is 14.6 Å². The van der Waals surface area contributed by atoms with Crippen LogP contribution in [-0.2, 0) is 16.1 Å². The highest BCUT2D eigenvalue weighted by Crippen LogP contribution is 2.22. The van der Waals surface area contributed by atoms with Crippen molar-refractivity contribution in [2.24, 2.45) is 5.92 Å². The highest BCUT2D eigenvalue weighted by atomic mass is 79.9. The van der Waals surface area contributed by atoms with Gasteiger partial charge in [0.15, 0.2) is 0 Å². The van der Waals surface area contributed by atoms with Crippen LogP contribution in [0.15, 0.2) is 5.38 Å². The summed E-state index contributed by atoms with van der Waals surface area (Å²) in [6.45, 7) is 6.20. The summed E-state index contributed by atoms with van der Waals surface area (Å²) >= 11 is 5.03. The van der Waals surface area contributed by atoms with E-state index in [9.17, 15) is 9.59 Å². The Morgan fingerprint density at radius 1 is 1.43 bits per heavy atom. The van der Waals surface area contributed by atoms with Gasteiger partial charge in [-0.15, -0.1) is 11.3 Å². The minimum Gasteiger partial charge on any atom is -0.467 e. The van der Waals surface area contributed by atoms with Crippen LogP contribution >= 0.6 is 27.3 Å². The normalized spacial score (nSPS) is 13.5. The number of hydrogen-bond acceptors (Lipinski definition) is 5. The molecule has 0 fully saturated rings. The third kappa shape index (κ3) is 5.76. The molecule has 1 aromatic heterocycles. The minimum atomic E-state index is -0.658. The van der Waals surface area contributed by atoms with Crippen molar-refractivity contribution in [1.82, 2.24) is 15.2 Å². The summed E-state index contributed by atoms with van der Waals surface area (Å²) in [7, 11) is 2.99. The third-order valence-electron chi connectivity index (χ3n) is 3.37. The maximum atomic E-state index is 12.3. The molecule has 0 aliphatic heterocycles. The summed E-state index contributed by atoms with van der Waals surface area (Å²) in [6.07, 6.45) is 0. The molecule has 0 aliphatic carbocycles. The SMILES string of the molecule is COC(=O)[C@@H](NC(=O)N(C)Cc1csc(C(C)CBr)n1)C(C)C. The molecule has 1 N–H and O–H groups in total. The third-order valence-corrected chi connectivity index (χ3v) is 5.47. The minimum absolute atomic E-state index is 0.0505. The van der Waals surface area contributed by atoms with Gasteiger partial charge in [-0.3, -0.25) is 0 Å². The number of thiazole rings is 1. The zero-order chi connectivity index (χ0) is 17.6. The van der Waals surface area contributed by atoms with Crippen LogP contribution in [0.4, 0.5) is 4.79 Å². The smallest absolute Gasteiger partial charge is 0.328 e. The number of aromatic nitrogens is 1. The first kappa shape index (κ1) is 19.9. The lowest BCUT2D eigenvalue weighted by Gasteiger charge is -2.23. The Labute approximate surface area is 149 Å². The summed E-state index contributed by atoms with van der Waals surface area (Å²) in [5, 5.41) is 6.56. The molecular formula is C15H24BrN3O3S. The van der Waals surface area contributed by atoms with Gasteiger partial charge in [0.1, 0.15) is 6.04 Å². The Kier molecular flexibility index (Phi) is 7.98. The predicted octanol–water partition coefficient (Wildman–Crippen LogP) is 2.98. The highest BCUT2D eigenvalue weighted by molar-refractivity contribution is 9.09. The molecule has 0 bridgehead atoms. The number of rotatable bonds is 7. The van der Waals surface area contributed by atoms with Crippen molar-refractivity contribution >= 4 is 39.3 Å². The van der Waals surface area contributed by atoms with Crippen molar-refractivity contribution in [1.29, 1.82) is 0 Å². The molecule has 1 rings (SSSR count). The fourth-order valence-corrected chi connectivity index (χ4v) is 3.26. The Morgan fingerprint density at radius 2 is 2.09 bits per heavy atom. The van der Waals surface area contributed by atoms with Gasteiger partial charge in [-0.05, 0) is 5.92 Å². The van der Waals surface area contributed by atoms with Crippen LogP contribution < -0.4 is 5.32 Å². The highest BCUT2D eigenvalue weighted by Gasteiger charge is 2.26. The average molecular weight is 406 g/mol. The van der Waals surface area contributed by atoms with Crippen LogP contribution in [0.25, 0.3) is 0 Å². The number of nitrogens with one attached hydrogen (secondary N) is 1. The fourth-order valence-electron chi connectivity index (χ4n) is 1.87. The van der Waals surface area contributed by atoms with Gasteiger partial charge in [-0.2, -0.15) is 0 Å². The van der Waals surface area contributed by atoms with Crippen LogP contribution in [0.5, 0.6) is 0 Å². The molecule has 6 nitrogen and oxygen atoms in total. The van der Waals surface area contributed by atoms with E-state index in [2.05, 4.69) is 33.2 Å². The van der Waals surface area contributed by atoms with Crippen LogP contribution in [0.2, 0.25) is 0 Å². The number of hydrogen-bond donors (Lipinski definition) is 1. The van der Waals surface area contributed by atoms with E-state index in [1.807, 2.05) is 19.2 Å². The number of carbonyl (C=O) groups excluding carboxylic acids is 2. The first-order valence-corrected chi connectivity index (χ1v) is 9.39. The number of methoxy groups -OCH3 is 1. The zero-order valence-corrected chi connectivity index (χ0v) is 16.5. The van der Waals surface area contributed by atoms with E-state index in [-0.39, 0.29) is 11.9 Å². The van der Waals surface area contributed by atoms with E-state index in [0.717, 1.165) is 16.0 Å². The summed E-state index contributed by atoms with van der Waals surface area (Å²) < 4.78 is 4.73. The Morgan fingerprint density at radius 3 is 2.61 bits per heavy atom. The molecule has 0 spiro atoms. The Hall–Kier alpha value is -1.15. The van der Waals surface area contributed by atoms with Gasteiger partial charge in [-0.1, -0.05) is 36.7 Å². The molecule has 0 saturated carbocycles. The molecule has 2 amide bonds. The van der Waals surface area contributed by atoms with Crippen LogP contribution in [0.1, 0.15) is 37.4 Å². The molecule has 0 radical (unpaired) electrons. The second kappa shape index (κ2) is 9.22. The van der Waals surface area contributed by atoms with Gasteiger partial charge in [0, 0.05) is 23.7 Å². The molecule has 1 unspecified atom stereocenters. The first-order valence-electron chi connectivity index (χ1n) is 7.39. The molecule has 1 heterocycles. The number of urea groups is 1. The molecule has 8 heteroatoms. The molecule has 1 aromatic rings. The number of ether oxygens (including phenoxy) is 1. The van der Waals surface area contributed by atoms with E-state index in [4.69, 9.17) is 4.74 Å². The maximum Gasteiger partial charge on any atom is 0.328 e. The van der Waals surface area contributed by atoms with E-state index in [1.165, 1.54) is 12.0 Å². The summed E-state index contributed by atoms with van der Waals surface area (Å²) in [6, 6.07) is -0.980. The number of carbonyl (C=O) groups is 2. The van der Waals surface area contributed by atoms with Gasteiger partial charge < -0.3 is 15.0 Å². The van der Waals surface area contributed by atoms with E-state index >= 15 is 0 Å². The van der Waals surface area contributed by atoms with Crippen LogP contribution in [0.3, 0.4) is 0 Å². The second-order valence-corrected chi connectivity index (χ2v) is 7.32. The lowest BCUT2D eigenvalue weighted by molar-refractivity contribution is -0.144. The molecule has 0 aromatic carbocycles. The number of alkyl halides is 1. The van der Waals surface area contributed by atoms with Crippen molar-refractivity contribution in [2.75, 3.05) is 19.5 Å². The quantitative estimate of drug-likeness (QED) is 0.558. The van der Waals surface area contributed by atoms with Gasteiger partial charge in [0.05, 0.1) is 24.4 Å². The zero-order valence-electron chi connectivity index (χ0n) is 14.1. The molecule has 130 valence electrons. The number of halogens is 1. The maximum absolute atomic E-state index is 12.3. The second-order valence-electron chi connectivity index (χ2n) is 5.78. The monoisotopic (exact) mass is 405 g/mol. The predicted molar refractivity (Wildman–Crippen MR) is 95.0 cm³/mol.